The highest BCUT2D eigenvalue weighted by atomic mass is 16.2. The van der Waals surface area contributed by atoms with Crippen LogP contribution in [0.4, 0.5) is 0 Å². The molecule has 0 bridgehead atoms. The van der Waals surface area contributed by atoms with Gasteiger partial charge in [-0.1, -0.05) is 6.92 Å². The predicted molar refractivity (Wildman–Crippen MR) is 82.9 cm³/mol. The first-order chi connectivity index (χ1) is 9.97. The summed E-state index contributed by atoms with van der Waals surface area (Å²) in [7, 11) is 4.08. The number of piperazine rings is 1. The summed E-state index contributed by atoms with van der Waals surface area (Å²) in [4.78, 5) is 31.4. The third-order valence-corrected chi connectivity index (χ3v) is 4.80. The molecule has 0 aromatic carbocycles. The Kier molecular flexibility index (Phi) is 5.25. The maximum Gasteiger partial charge on any atom is 0.246 e. The summed E-state index contributed by atoms with van der Waals surface area (Å²) in [5.41, 5.74) is 0. The van der Waals surface area contributed by atoms with Crippen molar-refractivity contribution in [3.05, 3.63) is 0 Å². The molecular weight excluding hydrogens is 266 g/mol. The fraction of sp³-hybridized carbons (Fsp3) is 0.875. The van der Waals surface area contributed by atoms with Crippen LogP contribution in [0.15, 0.2) is 0 Å². The van der Waals surface area contributed by atoms with Crippen molar-refractivity contribution in [2.45, 2.75) is 64.1 Å². The zero-order valence-corrected chi connectivity index (χ0v) is 13.8. The van der Waals surface area contributed by atoms with Gasteiger partial charge in [-0.25, -0.2) is 0 Å². The van der Waals surface area contributed by atoms with Gasteiger partial charge in [0, 0.05) is 12.6 Å². The molecule has 21 heavy (non-hydrogen) atoms. The molecule has 2 aliphatic heterocycles. The van der Waals surface area contributed by atoms with Crippen molar-refractivity contribution in [2.75, 3.05) is 27.2 Å². The van der Waals surface area contributed by atoms with Crippen LogP contribution in [-0.4, -0.2) is 71.8 Å². The van der Waals surface area contributed by atoms with Crippen molar-refractivity contribution in [3.63, 3.8) is 0 Å². The van der Waals surface area contributed by atoms with Crippen LogP contribution < -0.4 is 0 Å². The predicted octanol–water partition coefficient (Wildman–Crippen LogP) is 1.33. The Hall–Kier alpha value is -1.10. The molecule has 2 rings (SSSR count). The van der Waals surface area contributed by atoms with Gasteiger partial charge in [0.05, 0.1) is 0 Å². The summed E-state index contributed by atoms with van der Waals surface area (Å²) >= 11 is 0. The van der Waals surface area contributed by atoms with E-state index in [4.69, 9.17) is 0 Å². The molecule has 2 saturated heterocycles. The van der Waals surface area contributed by atoms with Crippen LogP contribution in [0.25, 0.3) is 0 Å². The second kappa shape index (κ2) is 6.77. The molecule has 2 amide bonds. The molecule has 2 fully saturated rings. The Morgan fingerprint density at radius 1 is 1.24 bits per heavy atom. The number of rotatable bonds is 5. The fourth-order valence-corrected chi connectivity index (χ4v) is 3.57. The van der Waals surface area contributed by atoms with Crippen molar-refractivity contribution >= 4 is 11.8 Å². The molecule has 5 heteroatoms. The molecule has 5 nitrogen and oxygen atoms in total. The van der Waals surface area contributed by atoms with Gasteiger partial charge in [-0.05, 0) is 59.7 Å². The van der Waals surface area contributed by atoms with Gasteiger partial charge in [0.25, 0.3) is 0 Å². The molecule has 120 valence electrons. The third-order valence-electron chi connectivity index (χ3n) is 4.80. The molecule has 0 aliphatic carbocycles. The standard InChI is InChI=1S/C16H29N3O2/c1-5-13-15(20)18-10-7-6-8-14(18)16(21)19(13)12(2)9-11-17(3)4/h12-14H,5-11H2,1-4H3. The Morgan fingerprint density at radius 3 is 2.57 bits per heavy atom. The van der Waals surface area contributed by atoms with Crippen molar-refractivity contribution in [1.29, 1.82) is 0 Å². The van der Waals surface area contributed by atoms with Gasteiger partial charge in [0.1, 0.15) is 12.1 Å². The SMILES string of the molecule is CCC1C(=O)N2CCCCC2C(=O)N1C(C)CCN(C)C. The normalized spacial score (nSPS) is 28.0. The van der Waals surface area contributed by atoms with Crippen LogP contribution in [-0.2, 0) is 9.59 Å². The molecule has 0 radical (unpaired) electrons. The van der Waals surface area contributed by atoms with Gasteiger partial charge < -0.3 is 14.7 Å². The lowest BCUT2D eigenvalue weighted by molar-refractivity contribution is -0.166. The van der Waals surface area contributed by atoms with Gasteiger partial charge in [-0.3, -0.25) is 9.59 Å². The van der Waals surface area contributed by atoms with Gasteiger partial charge >= 0.3 is 0 Å². The van der Waals surface area contributed by atoms with E-state index >= 15 is 0 Å². The Bertz CT molecular complexity index is 397. The zero-order valence-electron chi connectivity index (χ0n) is 13.8. The topological polar surface area (TPSA) is 43.9 Å². The van der Waals surface area contributed by atoms with E-state index < -0.39 is 0 Å². The molecule has 0 saturated carbocycles. The monoisotopic (exact) mass is 295 g/mol. The number of hydrogen-bond acceptors (Lipinski definition) is 3. The van der Waals surface area contributed by atoms with Crippen LogP contribution in [0.5, 0.6) is 0 Å². The molecule has 3 atom stereocenters. The first-order valence-electron chi connectivity index (χ1n) is 8.24. The fourth-order valence-electron chi connectivity index (χ4n) is 3.57. The molecular formula is C16H29N3O2. The van der Waals surface area contributed by atoms with E-state index in [1.54, 1.807) is 0 Å². The number of fused-ring (bicyclic) bond motifs is 1. The number of carbonyl (C=O) groups is 2. The van der Waals surface area contributed by atoms with Crippen molar-refractivity contribution < 1.29 is 9.59 Å². The van der Waals surface area contributed by atoms with Gasteiger partial charge in [0.15, 0.2) is 0 Å². The quantitative estimate of drug-likeness (QED) is 0.768. The van der Waals surface area contributed by atoms with E-state index in [1.165, 1.54) is 0 Å². The first kappa shape index (κ1) is 16.3. The highest BCUT2D eigenvalue weighted by Crippen LogP contribution is 2.29. The van der Waals surface area contributed by atoms with Crippen molar-refractivity contribution in [3.8, 4) is 0 Å². The molecule has 0 N–H and O–H groups in total. The molecule has 2 heterocycles. The van der Waals surface area contributed by atoms with Gasteiger partial charge in [-0.2, -0.15) is 0 Å². The van der Waals surface area contributed by atoms with Crippen molar-refractivity contribution in [1.82, 2.24) is 14.7 Å². The number of amides is 2. The summed E-state index contributed by atoms with van der Waals surface area (Å²) in [5.74, 6) is 0.339. The summed E-state index contributed by atoms with van der Waals surface area (Å²) < 4.78 is 0. The molecule has 2 aliphatic rings. The number of nitrogens with zero attached hydrogens (tertiary/aromatic N) is 3. The van der Waals surface area contributed by atoms with Crippen LogP contribution in [0, 0.1) is 0 Å². The third kappa shape index (κ3) is 3.23. The summed E-state index contributed by atoms with van der Waals surface area (Å²) in [6.07, 6.45) is 4.53. The molecule has 0 aromatic heterocycles. The average molecular weight is 295 g/mol. The minimum absolute atomic E-state index is 0.123. The second-order valence-corrected chi connectivity index (χ2v) is 6.65. The van der Waals surface area contributed by atoms with E-state index in [0.29, 0.717) is 6.42 Å². The Labute approximate surface area is 128 Å². The summed E-state index contributed by atoms with van der Waals surface area (Å²) in [6.45, 7) is 5.78. The van der Waals surface area contributed by atoms with Crippen LogP contribution in [0.2, 0.25) is 0 Å². The summed E-state index contributed by atoms with van der Waals surface area (Å²) in [5, 5.41) is 0. The van der Waals surface area contributed by atoms with E-state index in [2.05, 4.69) is 11.8 Å². The van der Waals surface area contributed by atoms with Gasteiger partial charge in [0.2, 0.25) is 11.8 Å². The minimum Gasteiger partial charge on any atom is -0.329 e. The van der Waals surface area contributed by atoms with E-state index in [0.717, 1.165) is 38.8 Å². The van der Waals surface area contributed by atoms with Crippen molar-refractivity contribution in [2.24, 2.45) is 0 Å². The Morgan fingerprint density at radius 2 is 1.95 bits per heavy atom. The highest BCUT2D eigenvalue weighted by Gasteiger charge is 2.47. The Balaban J connectivity index is 2.17. The van der Waals surface area contributed by atoms with Crippen LogP contribution >= 0.6 is 0 Å². The lowest BCUT2D eigenvalue weighted by Crippen LogP contribution is -2.67. The zero-order chi connectivity index (χ0) is 15.6. The number of hydrogen-bond donors (Lipinski definition) is 0. The van der Waals surface area contributed by atoms with Crippen LogP contribution in [0.3, 0.4) is 0 Å². The smallest absolute Gasteiger partial charge is 0.246 e. The lowest BCUT2D eigenvalue weighted by atomic mass is 9.92. The second-order valence-electron chi connectivity index (χ2n) is 6.65. The summed E-state index contributed by atoms with van der Waals surface area (Å²) in [6, 6.07) is -0.335. The molecule has 0 aromatic rings. The van der Waals surface area contributed by atoms with E-state index in [-0.39, 0.29) is 29.9 Å². The van der Waals surface area contributed by atoms with E-state index in [9.17, 15) is 9.59 Å². The maximum atomic E-state index is 12.9. The largest absolute Gasteiger partial charge is 0.329 e. The van der Waals surface area contributed by atoms with E-state index in [1.807, 2.05) is 30.8 Å². The first-order valence-corrected chi connectivity index (χ1v) is 8.24. The van der Waals surface area contributed by atoms with Gasteiger partial charge in [-0.15, -0.1) is 0 Å². The minimum atomic E-state index is -0.260. The number of carbonyl (C=O) groups excluding carboxylic acids is 2. The highest BCUT2D eigenvalue weighted by molar-refractivity contribution is 5.97. The number of piperidine rings is 1. The average Bonchev–Trinajstić information content (AvgIpc) is 2.48. The molecule has 0 spiro atoms. The van der Waals surface area contributed by atoms with Crippen LogP contribution in [0.1, 0.15) is 46.0 Å². The maximum absolute atomic E-state index is 12.9. The molecule has 3 unspecified atom stereocenters. The lowest BCUT2D eigenvalue weighted by Gasteiger charge is -2.49.